The monoisotopic (exact) mass is 518 g/mol. The fourth-order valence-corrected chi connectivity index (χ4v) is 5.15. The fourth-order valence-electron chi connectivity index (χ4n) is 4.88. The third-order valence-corrected chi connectivity index (χ3v) is 7.17. The largest absolute Gasteiger partial charge is 0.453 e. The summed E-state index contributed by atoms with van der Waals surface area (Å²) in [6.45, 7) is 5.80. The first kappa shape index (κ1) is 23.8. The topological polar surface area (TPSA) is 96.6 Å². The average molecular weight is 519 g/mol. The van der Waals surface area contributed by atoms with E-state index in [-0.39, 0.29) is 23.3 Å². The average Bonchev–Trinajstić information content (AvgIpc) is 3.43. The van der Waals surface area contributed by atoms with Crippen LogP contribution < -0.4 is 5.32 Å². The van der Waals surface area contributed by atoms with Crippen LogP contribution in [0.1, 0.15) is 45.0 Å². The maximum Gasteiger partial charge on any atom is 0.407 e. The van der Waals surface area contributed by atoms with Crippen LogP contribution >= 0.6 is 15.9 Å². The minimum absolute atomic E-state index is 0.0914. The lowest BCUT2D eigenvalue weighted by Crippen LogP contribution is -2.51. The minimum atomic E-state index is -0.680. The van der Waals surface area contributed by atoms with Gasteiger partial charge in [0.25, 0.3) is 0 Å². The van der Waals surface area contributed by atoms with Crippen molar-refractivity contribution in [2.45, 2.75) is 45.2 Å². The molecule has 0 radical (unpaired) electrons. The molecular formula is C24H31BrN4O4. The molecule has 0 unspecified atom stereocenters. The molecular weight excluding hydrogens is 488 g/mol. The maximum absolute atomic E-state index is 13.7. The summed E-state index contributed by atoms with van der Waals surface area (Å²) < 4.78 is 11.6. The molecule has 0 bridgehead atoms. The summed E-state index contributed by atoms with van der Waals surface area (Å²) in [5.41, 5.74) is 1.73. The van der Waals surface area contributed by atoms with Crippen LogP contribution in [0.4, 0.5) is 4.79 Å². The Bertz CT molecular complexity index is 985. The third kappa shape index (κ3) is 5.09. The van der Waals surface area contributed by atoms with Gasteiger partial charge in [-0.25, -0.2) is 9.78 Å². The van der Waals surface area contributed by atoms with Gasteiger partial charge in [0.05, 0.1) is 25.5 Å². The highest BCUT2D eigenvalue weighted by molar-refractivity contribution is 9.10. The van der Waals surface area contributed by atoms with E-state index in [0.29, 0.717) is 13.2 Å². The van der Waals surface area contributed by atoms with E-state index in [4.69, 9.17) is 14.5 Å². The van der Waals surface area contributed by atoms with Crippen LogP contribution in [0.15, 0.2) is 34.9 Å². The summed E-state index contributed by atoms with van der Waals surface area (Å²) in [6.07, 6.45) is 4.03. The molecule has 8 nitrogen and oxygen atoms in total. The van der Waals surface area contributed by atoms with Crippen LogP contribution in [0, 0.1) is 11.3 Å². The number of halogens is 1. The van der Waals surface area contributed by atoms with Gasteiger partial charge < -0.3 is 24.7 Å². The fraction of sp³-hybridized carbons (Fsp3) is 0.542. The molecule has 4 rings (SSSR count). The van der Waals surface area contributed by atoms with Gasteiger partial charge in [0.1, 0.15) is 11.9 Å². The second-order valence-electron chi connectivity index (χ2n) is 9.38. The van der Waals surface area contributed by atoms with Gasteiger partial charge in [0.2, 0.25) is 5.91 Å². The minimum Gasteiger partial charge on any atom is -0.453 e. The van der Waals surface area contributed by atoms with Crippen molar-refractivity contribution >= 4 is 27.9 Å². The smallest absolute Gasteiger partial charge is 0.407 e. The molecule has 2 aliphatic rings. The van der Waals surface area contributed by atoms with Crippen molar-refractivity contribution in [3.8, 4) is 11.3 Å². The summed E-state index contributed by atoms with van der Waals surface area (Å²) >= 11 is 3.47. The molecule has 0 aliphatic carbocycles. The molecule has 2 amide bonds. The number of nitrogens with zero attached hydrogens (tertiary/aromatic N) is 2. The van der Waals surface area contributed by atoms with Crippen molar-refractivity contribution < 1.29 is 19.1 Å². The Morgan fingerprint density at radius 1 is 1.33 bits per heavy atom. The quantitative estimate of drug-likeness (QED) is 0.615. The maximum atomic E-state index is 13.7. The first-order valence-electron chi connectivity index (χ1n) is 11.4. The molecule has 9 heteroatoms. The lowest BCUT2D eigenvalue weighted by atomic mass is 9.80. The Morgan fingerprint density at radius 2 is 2.09 bits per heavy atom. The van der Waals surface area contributed by atoms with E-state index in [2.05, 4.69) is 26.2 Å². The molecule has 1 aromatic carbocycles. The molecule has 33 heavy (non-hydrogen) atoms. The Hall–Kier alpha value is -2.39. The molecule has 0 saturated carbocycles. The number of methoxy groups -OCH3 is 1. The Labute approximate surface area is 202 Å². The van der Waals surface area contributed by atoms with Crippen molar-refractivity contribution in [3.63, 3.8) is 0 Å². The van der Waals surface area contributed by atoms with Gasteiger partial charge in [-0.2, -0.15) is 0 Å². The Balaban J connectivity index is 1.64. The number of imidazole rings is 1. The van der Waals surface area contributed by atoms with Gasteiger partial charge in [-0.3, -0.25) is 4.79 Å². The summed E-state index contributed by atoms with van der Waals surface area (Å²) in [6, 6.07) is 7.08. The summed E-state index contributed by atoms with van der Waals surface area (Å²) in [7, 11) is 1.30. The van der Waals surface area contributed by atoms with Crippen molar-refractivity contribution in [1.82, 2.24) is 20.2 Å². The van der Waals surface area contributed by atoms with Crippen LogP contribution in [0.25, 0.3) is 11.3 Å². The third-order valence-electron chi connectivity index (χ3n) is 6.64. The molecule has 1 spiro atoms. The first-order valence-corrected chi connectivity index (χ1v) is 12.2. The summed E-state index contributed by atoms with van der Waals surface area (Å²) in [4.78, 5) is 35.7. The number of H-pyrrole nitrogens is 1. The number of nitrogens with one attached hydrogen (secondary N) is 2. The van der Waals surface area contributed by atoms with Crippen molar-refractivity contribution in [3.05, 3.63) is 40.8 Å². The molecule has 2 saturated heterocycles. The molecule has 2 fully saturated rings. The standard InChI is InChI=1S/C24H31BrN4O4/c1-15(2)20(28-23(31)32-3)22(30)29-13-24(9-4-10-33-14-24)11-19(29)21-26-12-18(27-21)16-5-7-17(25)8-6-16/h5-8,12,15,19-20H,4,9-11,13-14H2,1-3H3,(H,26,27)(H,28,31)/t19-,20-,24-/m0/s1. The van der Waals surface area contributed by atoms with E-state index < -0.39 is 12.1 Å². The van der Waals surface area contributed by atoms with Crippen LogP contribution in [0.2, 0.25) is 0 Å². The molecule has 1 aromatic heterocycles. The van der Waals surface area contributed by atoms with E-state index in [1.807, 2.05) is 49.2 Å². The molecule has 3 heterocycles. The molecule has 3 atom stereocenters. The van der Waals surface area contributed by atoms with E-state index in [1.54, 1.807) is 0 Å². The highest BCUT2D eigenvalue weighted by atomic mass is 79.9. The number of carbonyl (C=O) groups excluding carboxylic acids is 2. The lowest BCUT2D eigenvalue weighted by Gasteiger charge is -2.33. The number of benzene rings is 1. The molecule has 2 aromatic rings. The number of alkyl carbamates (subject to hydrolysis) is 1. The number of rotatable bonds is 5. The number of hydrogen-bond acceptors (Lipinski definition) is 5. The number of ether oxygens (including phenoxy) is 2. The zero-order chi connectivity index (χ0) is 23.6. The second kappa shape index (κ2) is 9.85. The SMILES string of the molecule is COC(=O)N[C@H](C(=O)N1C[C@]2(CCCOC2)C[C@H]1c1nc(-c2ccc(Br)cc2)c[nH]1)C(C)C. The van der Waals surface area contributed by atoms with Crippen LogP contribution in [-0.4, -0.2) is 59.8 Å². The molecule has 2 N–H and O–H groups in total. The zero-order valence-corrected chi connectivity index (χ0v) is 20.9. The van der Waals surface area contributed by atoms with Gasteiger partial charge in [0, 0.05) is 34.8 Å². The number of amides is 2. The van der Waals surface area contributed by atoms with Gasteiger partial charge in [-0.1, -0.05) is 41.9 Å². The molecule has 178 valence electrons. The summed E-state index contributed by atoms with van der Waals surface area (Å²) in [5, 5.41) is 2.72. The highest BCUT2D eigenvalue weighted by Gasteiger charge is 2.49. The number of hydrogen-bond donors (Lipinski definition) is 2. The van der Waals surface area contributed by atoms with E-state index in [9.17, 15) is 9.59 Å². The predicted molar refractivity (Wildman–Crippen MR) is 127 cm³/mol. The van der Waals surface area contributed by atoms with E-state index in [1.165, 1.54) is 7.11 Å². The van der Waals surface area contributed by atoms with Gasteiger partial charge in [-0.15, -0.1) is 0 Å². The Kier molecular flexibility index (Phi) is 7.09. The van der Waals surface area contributed by atoms with Crippen molar-refractivity contribution in [1.29, 1.82) is 0 Å². The van der Waals surface area contributed by atoms with Gasteiger partial charge >= 0.3 is 6.09 Å². The predicted octanol–water partition coefficient (Wildman–Crippen LogP) is 4.29. The first-order chi connectivity index (χ1) is 15.8. The zero-order valence-electron chi connectivity index (χ0n) is 19.3. The van der Waals surface area contributed by atoms with Crippen LogP contribution in [0.3, 0.4) is 0 Å². The van der Waals surface area contributed by atoms with Gasteiger partial charge in [0.15, 0.2) is 0 Å². The normalized spacial score (nSPS) is 23.7. The summed E-state index contributed by atoms with van der Waals surface area (Å²) in [5.74, 6) is 0.542. The number of aromatic amines is 1. The lowest BCUT2D eigenvalue weighted by molar-refractivity contribution is -0.136. The number of likely N-dealkylation sites (tertiary alicyclic amines) is 1. The van der Waals surface area contributed by atoms with Crippen molar-refractivity contribution in [2.24, 2.45) is 11.3 Å². The number of carbonyl (C=O) groups is 2. The second-order valence-corrected chi connectivity index (χ2v) is 10.3. The molecule has 2 aliphatic heterocycles. The van der Waals surface area contributed by atoms with E-state index >= 15 is 0 Å². The van der Waals surface area contributed by atoms with Crippen LogP contribution in [-0.2, 0) is 14.3 Å². The van der Waals surface area contributed by atoms with Crippen LogP contribution in [0.5, 0.6) is 0 Å². The Morgan fingerprint density at radius 3 is 2.73 bits per heavy atom. The van der Waals surface area contributed by atoms with Gasteiger partial charge in [-0.05, 0) is 37.3 Å². The van der Waals surface area contributed by atoms with Crippen molar-refractivity contribution in [2.75, 3.05) is 26.9 Å². The van der Waals surface area contributed by atoms with E-state index in [0.717, 1.165) is 47.4 Å². The number of aromatic nitrogens is 2. The highest BCUT2D eigenvalue weighted by Crippen LogP contribution is 2.47.